The first-order chi connectivity index (χ1) is 11.7. The van der Waals surface area contributed by atoms with Crippen LogP contribution in [0.4, 0.5) is 0 Å². The number of hydrogen-bond acceptors (Lipinski definition) is 5. The molecule has 0 bridgehead atoms. The predicted octanol–water partition coefficient (Wildman–Crippen LogP) is 4.59. The number of methoxy groups -OCH3 is 1. The van der Waals surface area contributed by atoms with E-state index in [0.29, 0.717) is 10.6 Å². The molecule has 0 saturated carbocycles. The van der Waals surface area contributed by atoms with Gasteiger partial charge >= 0.3 is 0 Å². The topological polar surface area (TPSA) is 58.8 Å². The van der Waals surface area contributed by atoms with Crippen molar-refractivity contribution in [3.05, 3.63) is 64.2 Å². The first kappa shape index (κ1) is 15.9. The number of hydrogen-bond donors (Lipinski definition) is 0. The van der Waals surface area contributed by atoms with Crippen LogP contribution in [0.3, 0.4) is 0 Å². The third-order valence-corrected chi connectivity index (χ3v) is 4.44. The second kappa shape index (κ2) is 7.07. The minimum Gasteiger partial charge on any atom is -0.496 e. The van der Waals surface area contributed by atoms with Crippen LogP contribution in [0.2, 0.25) is 0 Å². The summed E-state index contributed by atoms with van der Waals surface area (Å²) in [6.45, 7) is 1.98. The third kappa shape index (κ3) is 3.34. The molecule has 3 rings (SSSR count). The maximum absolute atomic E-state index is 9.50. The lowest BCUT2D eigenvalue weighted by atomic mass is 10.1. The average Bonchev–Trinajstić information content (AvgIpc) is 3.10. The number of rotatable bonds is 4. The Balaban J connectivity index is 1.94. The Morgan fingerprint density at radius 1 is 1.25 bits per heavy atom. The van der Waals surface area contributed by atoms with Gasteiger partial charge in [-0.1, -0.05) is 6.07 Å². The van der Waals surface area contributed by atoms with Crippen molar-refractivity contribution in [1.82, 2.24) is 9.97 Å². The number of allylic oxidation sites excluding steroid dienone is 1. The number of benzene rings is 1. The zero-order valence-electron chi connectivity index (χ0n) is 13.4. The van der Waals surface area contributed by atoms with E-state index in [2.05, 4.69) is 16.0 Å². The maximum atomic E-state index is 9.50. The molecule has 1 aromatic carbocycles. The molecule has 24 heavy (non-hydrogen) atoms. The van der Waals surface area contributed by atoms with E-state index in [9.17, 15) is 5.26 Å². The number of thiazole rings is 1. The average molecular weight is 333 g/mol. The Bertz CT molecular complexity index is 923. The van der Waals surface area contributed by atoms with Gasteiger partial charge in [-0.2, -0.15) is 5.26 Å². The molecule has 0 unspecified atom stereocenters. The molecular weight excluding hydrogens is 318 g/mol. The van der Waals surface area contributed by atoms with Gasteiger partial charge in [-0.05, 0) is 48.4 Å². The molecule has 0 radical (unpaired) electrons. The number of ether oxygens (including phenoxy) is 1. The van der Waals surface area contributed by atoms with E-state index in [0.717, 1.165) is 28.1 Å². The third-order valence-electron chi connectivity index (χ3n) is 3.56. The van der Waals surface area contributed by atoms with Crippen molar-refractivity contribution in [1.29, 1.82) is 5.26 Å². The van der Waals surface area contributed by atoms with Gasteiger partial charge in [0.2, 0.25) is 0 Å². The van der Waals surface area contributed by atoms with E-state index in [1.807, 2.05) is 48.7 Å². The lowest BCUT2D eigenvalue weighted by Crippen LogP contribution is -1.88. The lowest BCUT2D eigenvalue weighted by Gasteiger charge is -2.05. The summed E-state index contributed by atoms with van der Waals surface area (Å²) in [5.41, 5.74) is 4.37. The first-order valence-electron chi connectivity index (χ1n) is 7.34. The Morgan fingerprint density at radius 2 is 2.04 bits per heavy atom. The fourth-order valence-corrected chi connectivity index (χ4v) is 3.15. The van der Waals surface area contributed by atoms with Crippen LogP contribution in [-0.4, -0.2) is 17.1 Å². The standard InChI is InChI=1S/C19H15N3OS/c1-13-9-14(3-4-18(13)23-2)10-16(11-20)19-22-17(12-24-19)15-5-7-21-8-6-15/h3-10,12H,1-2H3. The van der Waals surface area contributed by atoms with Gasteiger partial charge in [0.15, 0.2) is 0 Å². The SMILES string of the molecule is COc1ccc(C=C(C#N)c2nc(-c3ccncc3)cs2)cc1C. The molecule has 0 N–H and O–H groups in total. The first-order valence-corrected chi connectivity index (χ1v) is 8.22. The quantitative estimate of drug-likeness (QED) is 0.655. The fraction of sp³-hybridized carbons (Fsp3) is 0.105. The fourth-order valence-electron chi connectivity index (χ4n) is 2.35. The molecule has 5 heteroatoms. The summed E-state index contributed by atoms with van der Waals surface area (Å²) >= 11 is 1.46. The number of nitriles is 1. The Morgan fingerprint density at radius 3 is 2.71 bits per heavy atom. The highest BCUT2D eigenvalue weighted by atomic mass is 32.1. The van der Waals surface area contributed by atoms with Crippen LogP contribution in [-0.2, 0) is 0 Å². The van der Waals surface area contributed by atoms with Crippen LogP contribution in [0.1, 0.15) is 16.1 Å². The van der Waals surface area contributed by atoms with E-state index in [4.69, 9.17) is 4.74 Å². The minimum absolute atomic E-state index is 0.546. The lowest BCUT2D eigenvalue weighted by molar-refractivity contribution is 0.411. The molecule has 0 aliphatic carbocycles. The van der Waals surface area contributed by atoms with Crippen molar-refractivity contribution in [3.63, 3.8) is 0 Å². The molecule has 3 aromatic rings. The van der Waals surface area contributed by atoms with Crippen LogP contribution < -0.4 is 4.74 Å². The summed E-state index contributed by atoms with van der Waals surface area (Å²) in [6, 6.07) is 11.9. The van der Waals surface area contributed by atoms with Gasteiger partial charge in [0.05, 0.1) is 18.4 Å². The molecular formula is C19H15N3OS. The summed E-state index contributed by atoms with van der Waals surface area (Å²) in [5.74, 6) is 0.833. The molecule has 118 valence electrons. The Kier molecular flexibility index (Phi) is 4.69. The molecule has 0 aliphatic heterocycles. The van der Waals surface area contributed by atoms with Crippen molar-refractivity contribution >= 4 is 23.0 Å². The second-order valence-corrected chi connectivity index (χ2v) is 6.03. The number of pyridine rings is 1. The molecule has 0 spiro atoms. The zero-order valence-corrected chi connectivity index (χ0v) is 14.2. The van der Waals surface area contributed by atoms with Crippen molar-refractivity contribution in [2.45, 2.75) is 6.92 Å². The molecule has 4 nitrogen and oxygen atoms in total. The van der Waals surface area contributed by atoms with Gasteiger partial charge in [0, 0.05) is 23.3 Å². The van der Waals surface area contributed by atoms with Crippen molar-refractivity contribution < 1.29 is 4.74 Å². The van der Waals surface area contributed by atoms with E-state index >= 15 is 0 Å². The van der Waals surface area contributed by atoms with Crippen LogP contribution >= 0.6 is 11.3 Å². The van der Waals surface area contributed by atoms with Crippen LogP contribution in [0.15, 0.2) is 48.1 Å². The van der Waals surface area contributed by atoms with Crippen molar-refractivity contribution in [3.8, 4) is 23.1 Å². The monoisotopic (exact) mass is 333 g/mol. The molecule has 0 atom stereocenters. The van der Waals surface area contributed by atoms with Gasteiger partial charge in [-0.3, -0.25) is 4.98 Å². The van der Waals surface area contributed by atoms with E-state index in [-0.39, 0.29) is 0 Å². The van der Waals surface area contributed by atoms with Crippen LogP contribution in [0.5, 0.6) is 5.75 Å². The minimum atomic E-state index is 0.546. The van der Waals surface area contributed by atoms with Gasteiger partial charge in [0.1, 0.15) is 16.8 Å². The van der Waals surface area contributed by atoms with E-state index in [1.54, 1.807) is 19.5 Å². The smallest absolute Gasteiger partial charge is 0.134 e. The Labute approximate surface area is 144 Å². The van der Waals surface area contributed by atoms with E-state index < -0.39 is 0 Å². The van der Waals surface area contributed by atoms with Crippen LogP contribution in [0, 0.1) is 18.3 Å². The molecule has 0 fully saturated rings. The predicted molar refractivity (Wildman–Crippen MR) is 96.6 cm³/mol. The summed E-state index contributed by atoms with van der Waals surface area (Å²) in [7, 11) is 1.65. The molecule has 2 aromatic heterocycles. The molecule has 0 amide bonds. The maximum Gasteiger partial charge on any atom is 0.134 e. The van der Waals surface area contributed by atoms with Gasteiger partial charge in [-0.15, -0.1) is 11.3 Å². The molecule has 0 aliphatic rings. The largest absolute Gasteiger partial charge is 0.496 e. The van der Waals surface area contributed by atoms with Gasteiger partial charge in [-0.25, -0.2) is 4.98 Å². The number of nitrogens with zero attached hydrogens (tertiary/aromatic N) is 3. The summed E-state index contributed by atoms with van der Waals surface area (Å²) in [6.07, 6.45) is 5.31. The highest BCUT2D eigenvalue weighted by Crippen LogP contribution is 2.27. The summed E-state index contributed by atoms with van der Waals surface area (Å²) in [4.78, 5) is 8.59. The summed E-state index contributed by atoms with van der Waals surface area (Å²) < 4.78 is 5.27. The highest BCUT2D eigenvalue weighted by Gasteiger charge is 2.09. The summed E-state index contributed by atoms with van der Waals surface area (Å²) in [5, 5.41) is 12.2. The zero-order chi connectivity index (χ0) is 16.9. The van der Waals surface area contributed by atoms with Crippen LogP contribution in [0.25, 0.3) is 22.9 Å². The number of aromatic nitrogens is 2. The molecule has 2 heterocycles. The van der Waals surface area contributed by atoms with Gasteiger partial charge < -0.3 is 4.74 Å². The number of aryl methyl sites for hydroxylation is 1. The van der Waals surface area contributed by atoms with Crippen molar-refractivity contribution in [2.24, 2.45) is 0 Å². The molecule has 0 saturated heterocycles. The normalized spacial score (nSPS) is 11.1. The highest BCUT2D eigenvalue weighted by molar-refractivity contribution is 7.11. The van der Waals surface area contributed by atoms with Crippen molar-refractivity contribution in [2.75, 3.05) is 7.11 Å². The van der Waals surface area contributed by atoms with Gasteiger partial charge in [0.25, 0.3) is 0 Å². The second-order valence-electron chi connectivity index (χ2n) is 5.17. The van der Waals surface area contributed by atoms with E-state index in [1.165, 1.54) is 11.3 Å². The Hall–Kier alpha value is -2.97.